The highest BCUT2D eigenvalue weighted by Crippen LogP contribution is 2.25. The molecule has 1 aromatic heterocycles. The van der Waals surface area contributed by atoms with E-state index in [4.69, 9.17) is 4.74 Å². The minimum absolute atomic E-state index is 0.371. The Bertz CT molecular complexity index is 388. The fourth-order valence-corrected chi connectivity index (χ4v) is 2.94. The van der Waals surface area contributed by atoms with Gasteiger partial charge in [-0.05, 0) is 56.7 Å². The first-order valence-electron chi connectivity index (χ1n) is 8.13. The molecule has 0 saturated carbocycles. The topological polar surface area (TPSA) is 34.1 Å². The second kappa shape index (κ2) is 8.38. The first-order chi connectivity index (χ1) is 9.85. The first kappa shape index (κ1) is 15.5. The monoisotopic (exact) mass is 276 g/mol. The third-order valence-corrected chi connectivity index (χ3v) is 4.08. The van der Waals surface area contributed by atoms with Crippen LogP contribution < -0.4 is 5.32 Å². The predicted octanol–water partition coefficient (Wildman–Crippen LogP) is 3.64. The molecule has 2 atom stereocenters. The Labute approximate surface area is 123 Å². The van der Waals surface area contributed by atoms with Crippen molar-refractivity contribution in [2.24, 2.45) is 0 Å². The molecular formula is C17H28N2O. The van der Waals surface area contributed by atoms with Crippen molar-refractivity contribution in [3.05, 3.63) is 29.6 Å². The standard InChI is InChI=1S/C17H28N2O/c1-3-11-18-16(10-9-15-8-6-13-20-15)17-14(4-2)7-5-12-19-17/h5,7,12,15-16,18H,3-4,6,8-11,13H2,1-2H3. The van der Waals surface area contributed by atoms with Gasteiger partial charge in [-0.1, -0.05) is 19.9 Å². The largest absolute Gasteiger partial charge is 0.378 e. The molecular weight excluding hydrogens is 248 g/mol. The number of rotatable bonds is 8. The molecule has 0 spiro atoms. The molecule has 2 rings (SSSR count). The lowest BCUT2D eigenvalue weighted by molar-refractivity contribution is 0.0994. The van der Waals surface area contributed by atoms with E-state index in [9.17, 15) is 0 Å². The summed E-state index contributed by atoms with van der Waals surface area (Å²) in [6.45, 7) is 6.41. The second-order valence-electron chi connectivity index (χ2n) is 5.62. The second-order valence-corrected chi connectivity index (χ2v) is 5.62. The molecule has 1 aliphatic rings. The zero-order chi connectivity index (χ0) is 14.2. The Balaban J connectivity index is 2.01. The van der Waals surface area contributed by atoms with Crippen molar-refractivity contribution in [3.63, 3.8) is 0 Å². The van der Waals surface area contributed by atoms with Gasteiger partial charge in [-0.2, -0.15) is 0 Å². The highest BCUT2D eigenvalue weighted by atomic mass is 16.5. The van der Waals surface area contributed by atoms with Crippen LogP contribution >= 0.6 is 0 Å². The Kier molecular flexibility index (Phi) is 6.48. The Morgan fingerprint density at radius 1 is 1.45 bits per heavy atom. The summed E-state index contributed by atoms with van der Waals surface area (Å²) in [4.78, 5) is 4.64. The fourth-order valence-electron chi connectivity index (χ4n) is 2.94. The number of nitrogens with one attached hydrogen (secondary N) is 1. The molecule has 0 bridgehead atoms. The summed E-state index contributed by atoms with van der Waals surface area (Å²) in [5.74, 6) is 0. The Morgan fingerprint density at radius 3 is 3.05 bits per heavy atom. The van der Waals surface area contributed by atoms with Crippen LogP contribution in [0.3, 0.4) is 0 Å². The van der Waals surface area contributed by atoms with E-state index in [1.807, 2.05) is 12.3 Å². The molecule has 2 heterocycles. The molecule has 0 radical (unpaired) electrons. The van der Waals surface area contributed by atoms with Crippen molar-refractivity contribution in [2.45, 2.75) is 64.5 Å². The molecule has 1 fully saturated rings. The van der Waals surface area contributed by atoms with Crippen LogP contribution in [0.15, 0.2) is 18.3 Å². The number of hydrogen-bond acceptors (Lipinski definition) is 3. The van der Waals surface area contributed by atoms with Crippen molar-refractivity contribution in [1.82, 2.24) is 10.3 Å². The minimum atomic E-state index is 0.371. The molecule has 3 nitrogen and oxygen atoms in total. The summed E-state index contributed by atoms with van der Waals surface area (Å²) in [6, 6.07) is 4.62. The Morgan fingerprint density at radius 2 is 2.35 bits per heavy atom. The molecule has 1 N–H and O–H groups in total. The van der Waals surface area contributed by atoms with Crippen LogP contribution in [-0.2, 0) is 11.2 Å². The number of nitrogens with zero attached hydrogens (tertiary/aromatic N) is 1. The van der Waals surface area contributed by atoms with E-state index in [0.717, 1.165) is 38.8 Å². The fraction of sp³-hybridized carbons (Fsp3) is 0.706. The molecule has 0 aliphatic carbocycles. The smallest absolute Gasteiger partial charge is 0.0604 e. The van der Waals surface area contributed by atoms with Crippen LogP contribution in [0.2, 0.25) is 0 Å². The highest BCUT2D eigenvalue weighted by molar-refractivity contribution is 5.22. The molecule has 20 heavy (non-hydrogen) atoms. The van der Waals surface area contributed by atoms with E-state index < -0.39 is 0 Å². The van der Waals surface area contributed by atoms with Crippen molar-refractivity contribution in [1.29, 1.82) is 0 Å². The number of pyridine rings is 1. The molecule has 1 aromatic rings. The molecule has 2 unspecified atom stereocenters. The predicted molar refractivity (Wildman–Crippen MR) is 82.9 cm³/mol. The van der Waals surface area contributed by atoms with E-state index in [2.05, 4.69) is 30.2 Å². The van der Waals surface area contributed by atoms with Gasteiger partial charge in [0.1, 0.15) is 0 Å². The van der Waals surface area contributed by atoms with Crippen molar-refractivity contribution < 1.29 is 4.74 Å². The maximum Gasteiger partial charge on any atom is 0.0604 e. The SMILES string of the molecule is CCCNC(CCC1CCCO1)c1ncccc1CC. The van der Waals surface area contributed by atoms with Crippen LogP contribution in [0.5, 0.6) is 0 Å². The van der Waals surface area contributed by atoms with Gasteiger partial charge in [0, 0.05) is 18.8 Å². The van der Waals surface area contributed by atoms with Gasteiger partial charge >= 0.3 is 0 Å². The number of aryl methyl sites for hydroxylation is 1. The lowest BCUT2D eigenvalue weighted by Gasteiger charge is -2.22. The molecule has 1 aliphatic heterocycles. The molecule has 112 valence electrons. The normalized spacial score (nSPS) is 20.2. The van der Waals surface area contributed by atoms with Gasteiger partial charge in [0.25, 0.3) is 0 Å². The van der Waals surface area contributed by atoms with Crippen LogP contribution in [0.25, 0.3) is 0 Å². The minimum Gasteiger partial charge on any atom is -0.378 e. The molecule has 3 heteroatoms. The third kappa shape index (κ3) is 4.29. The van der Waals surface area contributed by atoms with Crippen molar-refractivity contribution in [3.8, 4) is 0 Å². The first-order valence-corrected chi connectivity index (χ1v) is 8.13. The van der Waals surface area contributed by atoms with Gasteiger partial charge in [0.05, 0.1) is 11.8 Å². The maximum absolute atomic E-state index is 5.75. The zero-order valence-corrected chi connectivity index (χ0v) is 12.9. The van der Waals surface area contributed by atoms with Gasteiger partial charge < -0.3 is 10.1 Å². The van der Waals surface area contributed by atoms with Crippen LogP contribution in [-0.4, -0.2) is 24.2 Å². The zero-order valence-electron chi connectivity index (χ0n) is 12.9. The van der Waals surface area contributed by atoms with E-state index in [1.54, 1.807) is 0 Å². The third-order valence-electron chi connectivity index (χ3n) is 4.08. The van der Waals surface area contributed by atoms with E-state index in [-0.39, 0.29) is 0 Å². The number of hydrogen-bond donors (Lipinski definition) is 1. The van der Waals surface area contributed by atoms with Gasteiger partial charge in [0.2, 0.25) is 0 Å². The Hall–Kier alpha value is -0.930. The average Bonchev–Trinajstić information content (AvgIpc) is 3.01. The molecule has 0 amide bonds. The quantitative estimate of drug-likeness (QED) is 0.787. The summed E-state index contributed by atoms with van der Waals surface area (Å²) in [6.07, 6.45) is 9.30. The summed E-state index contributed by atoms with van der Waals surface area (Å²) < 4.78 is 5.75. The van der Waals surface area contributed by atoms with E-state index in [1.165, 1.54) is 24.1 Å². The lowest BCUT2D eigenvalue weighted by atomic mass is 9.98. The average molecular weight is 276 g/mol. The lowest BCUT2D eigenvalue weighted by Crippen LogP contribution is -2.25. The molecule has 1 saturated heterocycles. The molecule has 0 aromatic carbocycles. The number of aromatic nitrogens is 1. The number of ether oxygens (including phenoxy) is 1. The summed E-state index contributed by atoms with van der Waals surface area (Å²) >= 11 is 0. The van der Waals surface area contributed by atoms with Crippen LogP contribution in [0.4, 0.5) is 0 Å². The van der Waals surface area contributed by atoms with Crippen LogP contribution in [0.1, 0.15) is 63.3 Å². The van der Waals surface area contributed by atoms with E-state index in [0.29, 0.717) is 12.1 Å². The van der Waals surface area contributed by atoms with Gasteiger partial charge in [-0.25, -0.2) is 0 Å². The van der Waals surface area contributed by atoms with Crippen molar-refractivity contribution in [2.75, 3.05) is 13.2 Å². The van der Waals surface area contributed by atoms with E-state index >= 15 is 0 Å². The van der Waals surface area contributed by atoms with Gasteiger partial charge in [-0.15, -0.1) is 0 Å². The highest BCUT2D eigenvalue weighted by Gasteiger charge is 2.20. The van der Waals surface area contributed by atoms with Crippen LogP contribution in [0, 0.1) is 0 Å². The summed E-state index contributed by atoms with van der Waals surface area (Å²) in [7, 11) is 0. The van der Waals surface area contributed by atoms with Gasteiger partial charge in [0.15, 0.2) is 0 Å². The van der Waals surface area contributed by atoms with Gasteiger partial charge in [-0.3, -0.25) is 4.98 Å². The maximum atomic E-state index is 5.75. The summed E-state index contributed by atoms with van der Waals surface area (Å²) in [5.41, 5.74) is 2.61. The van der Waals surface area contributed by atoms with Crippen molar-refractivity contribution >= 4 is 0 Å². The summed E-state index contributed by atoms with van der Waals surface area (Å²) in [5, 5.41) is 3.67.